The molecule has 1 saturated heterocycles. The van der Waals surface area contributed by atoms with Crippen LogP contribution in [0.5, 0.6) is 0 Å². The summed E-state index contributed by atoms with van der Waals surface area (Å²) < 4.78 is 0. The van der Waals surface area contributed by atoms with Crippen molar-refractivity contribution < 1.29 is 9.59 Å². The van der Waals surface area contributed by atoms with E-state index in [0.29, 0.717) is 52.9 Å². The molecule has 5 nitrogen and oxygen atoms in total. The lowest BCUT2D eigenvalue weighted by Crippen LogP contribution is -2.46. The minimum Gasteiger partial charge on any atom is -0.364 e. The molecule has 2 amide bonds. The maximum absolute atomic E-state index is 13.4. The second-order valence-corrected chi connectivity index (χ2v) is 8.48. The topological polar surface area (TPSA) is 43.9 Å². The molecular formula is C23H23Cl2N3O2. The predicted octanol–water partition coefficient (Wildman–Crippen LogP) is 3.56. The van der Waals surface area contributed by atoms with Crippen LogP contribution in [0, 0.1) is 0 Å². The fourth-order valence-corrected chi connectivity index (χ4v) is 4.41. The highest BCUT2D eigenvalue weighted by Gasteiger charge is 2.42. The van der Waals surface area contributed by atoms with Crippen molar-refractivity contribution in [3.05, 3.63) is 75.4 Å². The third kappa shape index (κ3) is 4.10. The molecule has 0 saturated carbocycles. The molecule has 0 N–H and O–H groups in total. The molecule has 0 unspecified atom stereocenters. The number of nitrogens with zero attached hydrogens (tertiary/aromatic N) is 3. The zero-order valence-electron chi connectivity index (χ0n) is 16.8. The normalized spacial score (nSPS) is 18.0. The third-order valence-electron chi connectivity index (χ3n) is 5.63. The highest BCUT2D eigenvalue weighted by Crippen LogP contribution is 2.36. The van der Waals surface area contributed by atoms with E-state index in [2.05, 4.69) is 11.9 Å². The summed E-state index contributed by atoms with van der Waals surface area (Å²) in [5.74, 6) is -0.546. The summed E-state index contributed by atoms with van der Waals surface area (Å²) in [7, 11) is 2.05. The summed E-state index contributed by atoms with van der Waals surface area (Å²) in [6.07, 6.45) is 0.607. The number of imide groups is 1. The van der Waals surface area contributed by atoms with E-state index < -0.39 is 0 Å². The quantitative estimate of drug-likeness (QED) is 0.662. The lowest BCUT2D eigenvalue weighted by atomic mass is 10.0. The number of rotatable bonds is 5. The number of hydrogen-bond donors (Lipinski definition) is 0. The predicted molar refractivity (Wildman–Crippen MR) is 119 cm³/mol. The van der Waals surface area contributed by atoms with Crippen LogP contribution in [0.25, 0.3) is 5.57 Å². The van der Waals surface area contributed by atoms with Gasteiger partial charge in [0, 0.05) is 43.3 Å². The summed E-state index contributed by atoms with van der Waals surface area (Å²) in [6.45, 7) is 3.36. The molecule has 4 rings (SSSR count). The van der Waals surface area contributed by atoms with Crippen molar-refractivity contribution in [3.8, 4) is 0 Å². The van der Waals surface area contributed by atoms with Gasteiger partial charge in [0.15, 0.2) is 0 Å². The van der Waals surface area contributed by atoms with Gasteiger partial charge in [-0.25, -0.2) is 0 Å². The Balaban J connectivity index is 1.69. The van der Waals surface area contributed by atoms with Crippen LogP contribution in [0.15, 0.2) is 54.2 Å². The fourth-order valence-electron chi connectivity index (χ4n) is 3.91. The molecule has 2 aliphatic rings. The first kappa shape index (κ1) is 20.9. The third-order valence-corrected chi connectivity index (χ3v) is 6.18. The van der Waals surface area contributed by atoms with Crippen LogP contribution in [-0.4, -0.2) is 66.3 Å². The summed E-state index contributed by atoms with van der Waals surface area (Å²) in [6, 6.07) is 14.9. The van der Waals surface area contributed by atoms with Gasteiger partial charge < -0.3 is 9.80 Å². The smallest absolute Gasteiger partial charge is 0.277 e. The van der Waals surface area contributed by atoms with Crippen LogP contribution in [0.3, 0.4) is 0 Å². The van der Waals surface area contributed by atoms with E-state index in [9.17, 15) is 9.59 Å². The van der Waals surface area contributed by atoms with Crippen molar-refractivity contribution >= 4 is 40.6 Å². The highest BCUT2D eigenvalue weighted by atomic mass is 35.5. The first-order valence-electron chi connectivity index (χ1n) is 9.99. The van der Waals surface area contributed by atoms with Crippen LogP contribution in [0.1, 0.15) is 11.1 Å². The summed E-state index contributed by atoms with van der Waals surface area (Å²) >= 11 is 12.5. The molecule has 1 fully saturated rings. The van der Waals surface area contributed by atoms with Gasteiger partial charge in [0.2, 0.25) is 0 Å². The van der Waals surface area contributed by atoms with Crippen LogP contribution in [0.4, 0.5) is 0 Å². The molecule has 2 heterocycles. The lowest BCUT2D eigenvalue weighted by molar-refractivity contribution is -0.137. The van der Waals surface area contributed by atoms with E-state index in [1.165, 1.54) is 4.90 Å². The number of hydrogen-bond acceptors (Lipinski definition) is 4. The second kappa shape index (κ2) is 8.80. The SMILES string of the molecule is CN1CCN(C2=C(c3ccc(Cl)cc3Cl)C(=O)N(CCc3ccccc3)C2=O)CC1. The lowest BCUT2D eigenvalue weighted by Gasteiger charge is -2.34. The Morgan fingerprint density at radius 2 is 1.60 bits per heavy atom. The average molecular weight is 444 g/mol. The molecule has 2 aromatic carbocycles. The number of carbonyl (C=O) groups is 2. The van der Waals surface area contributed by atoms with Gasteiger partial charge in [0.1, 0.15) is 5.70 Å². The van der Waals surface area contributed by atoms with Gasteiger partial charge in [-0.15, -0.1) is 0 Å². The van der Waals surface area contributed by atoms with E-state index in [1.807, 2.05) is 35.2 Å². The fraction of sp³-hybridized carbons (Fsp3) is 0.304. The van der Waals surface area contributed by atoms with Crippen LogP contribution in [0.2, 0.25) is 10.0 Å². The molecule has 2 aliphatic heterocycles. The Bertz CT molecular complexity index is 999. The molecule has 7 heteroatoms. The molecule has 0 bridgehead atoms. The Morgan fingerprint density at radius 3 is 2.27 bits per heavy atom. The zero-order chi connectivity index (χ0) is 21.3. The van der Waals surface area contributed by atoms with Crippen molar-refractivity contribution in [2.45, 2.75) is 6.42 Å². The van der Waals surface area contributed by atoms with Crippen molar-refractivity contribution in [1.82, 2.24) is 14.7 Å². The largest absolute Gasteiger partial charge is 0.364 e. The molecule has 0 spiro atoms. The minimum atomic E-state index is -0.297. The Hall–Kier alpha value is -2.34. The molecular weight excluding hydrogens is 421 g/mol. The zero-order valence-corrected chi connectivity index (χ0v) is 18.3. The molecule has 156 valence electrons. The Labute approximate surface area is 186 Å². The van der Waals surface area contributed by atoms with E-state index >= 15 is 0 Å². The van der Waals surface area contributed by atoms with Crippen molar-refractivity contribution in [3.63, 3.8) is 0 Å². The summed E-state index contributed by atoms with van der Waals surface area (Å²) in [5, 5.41) is 0.860. The monoisotopic (exact) mass is 443 g/mol. The molecule has 0 radical (unpaired) electrons. The van der Waals surface area contributed by atoms with E-state index in [-0.39, 0.29) is 11.8 Å². The van der Waals surface area contributed by atoms with E-state index in [4.69, 9.17) is 23.2 Å². The van der Waals surface area contributed by atoms with Gasteiger partial charge in [0.05, 0.1) is 10.6 Å². The van der Waals surface area contributed by atoms with Gasteiger partial charge >= 0.3 is 0 Å². The highest BCUT2D eigenvalue weighted by molar-refractivity contribution is 6.41. The molecule has 30 heavy (non-hydrogen) atoms. The van der Waals surface area contributed by atoms with Gasteiger partial charge in [0.25, 0.3) is 11.8 Å². The number of amides is 2. The van der Waals surface area contributed by atoms with E-state index in [1.54, 1.807) is 18.2 Å². The number of benzene rings is 2. The van der Waals surface area contributed by atoms with Gasteiger partial charge in [-0.2, -0.15) is 0 Å². The first-order chi connectivity index (χ1) is 14.5. The molecule has 0 aliphatic carbocycles. The van der Waals surface area contributed by atoms with Crippen molar-refractivity contribution in [2.24, 2.45) is 0 Å². The summed E-state index contributed by atoms with van der Waals surface area (Å²) in [4.78, 5) is 32.4. The minimum absolute atomic E-state index is 0.249. The van der Waals surface area contributed by atoms with Gasteiger partial charge in [-0.1, -0.05) is 59.6 Å². The van der Waals surface area contributed by atoms with E-state index in [0.717, 1.165) is 18.7 Å². The number of carbonyl (C=O) groups excluding carboxylic acids is 2. The number of halogens is 2. The van der Waals surface area contributed by atoms with Crippen molar-refractivity contribution in [2.75, 3.05) is 39.8 Å². The maximum atomic E-state index is 13.4. The number of likely N-dealkylation sites (N-methyl/N-ethyl adjacent to an activating group) is 1. The Kier molecular flexibility index (Phi) is 6.14. The van der Waals surface area contributed by atoms with Gasteiger partial charge in [-0.05, 0) is 31.2 Å². The van der Waals surface area contributed by atoms with Crippen LogP contribution >= 0.6 is 23.2 Å². The molecule has 0 atom stereocenters. The van der Waals surface area contributed by atoms with Crippen molar-refractivity contribution in [1.29, 1.82) is 0 Å². The van der Waals surface area contributed by atoms with Crippen LogP contribution in [-0.2, 0) is 16.0 Å². The average Bonchev–Trinajstić information content (AvgIpc) is 2.98. The van der Waals surface area contributed by atoms with Crippen LogP contribution < -0.4 is 0 Å². The molecule has 2 aromatic rings. The molecule has 0 aromatic heterocycles. The Morgan fingerprint density at radius 1 is 0.900 bits per heavy atom. The van der Waals surface area contributed by atoms with Gasteiger partial charge in [-0.3, -0.25) is 14.5 Å². The summed E-state index contributed by atoms with van der Waals surface area (Å²) in [5.41, 5.74) is 2.46. The standard InChI is InChI=1S/C23H23Cl2N3O2/c1-26-11-13-27(14-12-26)21-20(18-8-7-17(24)15-19(18)25)22(29)28(23(21)30)10-9-16-5-3-2-4-6-16/h2-8,15H,9-14H2,1H3. The number of piperazine rings is 1. The maximum Gasteiger partial charge on any atom is 0.277 e. The second-order valence-electron chi connectivity index (χ2n) is 7.64. The first-order valence-corrected chi connectivity index (χ1v) is 10.7.